The third-order valence-corrected chi connectivity index (χ3v) is 3.67. The van der Waals surface area contributed by atoms with E-state index in [1.807, 2.05) is 6.07 Å². The predicted octanol–water partition coefficient (Wildman–Crippen LogP) is 3.69. The Morgan fingerprint density at radius 2 is 2.00 bits per heavy atom. The molecule has 1 aromatic carbocycles. The SMILES string of the molecule is CC(C)OCCCCNC1c2ccccc2OC1(C)C. The van der Waals surface area contributed by atoms with Gasteiger partial charge in [-0.25, -0.2) is 0 Å². The Balaban J connectivity index is 1.80. The molecule has 20 heavy (non-hydrogen) atoms. The van der Waals surface area contributed by atoms with Crippen LogP contribution in [0, 0.1) is 0 Å². The first-order valence-electron chi connectivity index (χ1n) is 7.63. The van der Waals surface area contributed by atoms with Crippen molar-refractivity contribution < 1.29 is 9.47 Å². The van der Waals surface area contributed by atoms with Crippen molar-refractivity contribution in [1.82, 2.24) is 5.32 Å². The summed E-state index contributed by atoms with van der Waals surface area (Å²) < 4.78 is 11.6. The highest BCUT2D eigenvalue weighted by molar-refractivity contribution is 5.42. The van der Waals surface area contributed by atoms with Gasteiger partial charge >= 0.3 is 0 Å². The average Bonchev–Trinajstić information content (AvgIpc) is 2.63. The highest BCUT2D eigenvalue weighted by Gasteiger charge is 2.40. The first-order valence-corrected chi connectivity index (χ1v) is 7.63. The first-order chi connectivity index (χ1) is 9.50. The van der Waals surface area contributed by atoms with Gasteiger partial charge in [-0.2, -0.15) is 0 Å². The molecule has 3 heteroatoms. The topological polar surface area (TPSA) is 30.5 Å². The van der Waals surface area contributed by atoms with Crippen LogP contribution in [-0.4, -0.2) is 24.9 Å². The lowest BCUT2D eigenvalue weighted by molar-refractivity contribution is 0.0744. The summed E-state index contributed by atoms with van der Waals surface area (Å²) in [7, 11) is 0. The van der Waals surface area contributed by atoms with Crippen molar-refractivity contribution in [3.63, 3.8) is 0 Å². The lowest BCUT2D eigenvalue weighted by Gasteiger charge is -2.27. The minimum Gasteiger partial charge on any atom is -0.486 e. The summed E-state index contributed by atoms with van der Waals surface area (Å²) in [6, 6.07) is 8.58. The molecule has 0 aromatic heterocycles. The number of hydrogen-bond acceptors (Lipinski definition) is 3. The molecule has 0 amide bonds. The summed E-state index contributed by atoms with van der Waals surface area (Å²) in [6.07, 6.45) is 2.56. The Morgan fingerprint density at radius 3 is 2.75 bits per heavy atom. The van der Waals surface area contributed by atoms with Crippen molar-refractivity contribution in [2.45, 2.75) is 58.3 Å². The van der Waals surface area contributed by atoms with Crippen LogP contribution in [0.15, 0.2) is 24.3 Å². The van der Waals surface area contributed by atoms with Gasteiger partial charge in [0.1, 0.15) is 11.4 Å². The van der Waals surface area contributed by atoms with Crippen LogP contribution >= 0.6 is 0 Å². The summed E-state index contributed by atoms with van der Waals surface area (Å²) in [4.78, 5) is 0. The maximum Gasteiger partial charge on any atom is 0.125 e. The third kappa shape index (κ3) is 3.74. The Kier molecular flexibility index (Phi) is 5.06. The van der Waals surface area contributed by atoms with E-state index < -0.39 is 0 Å². The number of nitrogens with one attached hydrogen (secondary N) is 1. The second kappa shape index (κ2) is 6.59. The molecular weight excluding hydrogens is 250 g/mol. The minimum atomic E-state index is -0.182. The number of ether oxygens (including phenoxy) is 2. The van der Waals surface area contributed by atoms with Crippen LogP contribution in [0.5, 0.6) is 5.75 Å². The zero-order valence-electron chi connectivity index (χ0n) is 13.1. The van der Waals surface area contributed by atoms with Crippen LogP contribution < -0.4 is 10.1 Å². The average molecular weight is 277 g/mol. The molecule has 0 spiro atoms. The Bertz CT molecular complexity index is 429. The second-order valence-corrected chi connectivity index (χ2v) is 6.26. The molecule has 0 aliphatic carbocycles. The molecule has 3 nitrogen and oxygen atoms in total. The number of rotatable bonds is 7. The minimum absolute atomic E-state index is 0.182. The molecular formula is C17H27NO2. The van der Waals surface area contributed by atoms with Gasteiger partial charge in [0.2, 0.25) is 0 Å². The Labute approximate surface area is 122 Å². The predicted molar refractivity (Wildman–Crippen MR) is 82.2 cm³/mol. The van der Waals surface area contributed by atoms with Gasteiger partial charge < -0.3 is 14.8 Å². The van der Waals surface area contributed by atoms with Crippen LogP contribution in [0.25, 0.3) is 0 Å². The van der Waals surface area contributed by atoms with Gasteiger partial charge in [-0.15, -0.1) is 0 Å². The van der Waals surface area contributed by atoms with Gasteiger partial charge in [0, 0.05) is 12.2 Å². The molecule has 0 saturated carbocycles. The monoisotopic (exact) mass is 277 g/mol. The molecule has 112 valence electrons. The Hall–Kier alpha value is -1.06. The van der Waals surface area contributed by atoms with E-state index in [1.54, 1.807) is 0 Å². The lowest BCUT2D eigenvalue weighted by Crippen LogP contribution is -2.39. The molecule has 0 saturated heterocycles. The van der Waals surface area contributed by atoms with Gasteiger partial charge in [0.05, 0.1) is 12.1 Å². The zero-order chi connectivity index (χ0) is 14.6. The van der Waals surface area contributed by atoms with Gasteiger partial charge in [-0.05, 0) is 53.1 Å². The largest absolute Gasteiger partial charge is 0.486 e. The maximum atomic E-state index is 6.03. The molecule has 1 unspecified atom stereocenters. The molecule has 1 aliphatic heterocycles. The third-order valence-electron chi connectivity index (χ3n) is 3.67. The normalized spacial score (nSPS) is 19.9. The number of fused-ring (bicyclic) bond motifs is 1. The fourth-order valence-corrected chi connectivity index (χ4v) is 2.68. The fourth-order valence-electron chi connectivity index (χ4n) is 2.68. The van der Waals surface area contributed by atoms with Gasteiger partial charge in [0.15, 0.2) is 0 Å². The van der Waals surface area contributed by atoms with Crippen molar-refractivity contribution in [3.05, 3.63) is 29.8 Å². The highest BCUT2D eigenvalue weighted by atomic mass is 16.5. The standard InChI is InChI=1S/C17H27NO2/c1-13(2)19-12-8-7-11-18-16-14-9-5-6-10-15(14)20-17(16,3)4/h5-6,9-10,13,16,18H,7-8,11-12H2,1-4H3. The van der Waals surface area contributed by atoms with Crippen molar-refractivity contribution in [2.24, 2.45) is 0 Å². The number of benzene rings is 1. The maximum absolute atomic E-state index is 6.03. The highest BCUT2D eigenvalue weighted by Crippen LogP contribution is 2.42. The molecule has 1 heterocycles. The lowest BCUT2D eigenvalue weighted by atomic mass is 9.94. The molecule has 0 bridgehead atoms. The summed E-state index contributed by atoms with van der Waals surface area (Å²) in [5.41, 5.74) is 1.09. The van der Waals surface area contributed by atoms with Gasteiger partial charge in [-0.1, -0.05) is 18.2 Å². The molecule has 1 N–H and O–H groups in total. The van der Waals surface area contributed by atoms with E-state index in [1.165, 1.54) is 5.56 Å². The van der Waals surface area contributed by atoms with Crippen molar-refractivity contribution in [2.75, 3.05) is 13.2 Å². The molecule has 0 radical (unpaired) electrons. The van der Waals surface area contributed by atoms with Crippen LogP contribution in [0.3, 0.4) is 0 Å². The van der Waals surface area contributed by atoms with E-state index in [4.69, 9.17) is 9.47 Å². The quantitative estimate of drug-likeness (QED) is 0.771. The number of hydrogen-bond donors (Lipinski definition) is 1. The fraction of sp³-hybridized carbons (Fsp3) is 0.647. The van der Waals surface area contributed by atoms with Crippen LogP contribution in [0.4, 0.5) is 0 Å². The van der Waals surface area contributed by atoms with Crippen LogP contribution in [0.2, 0.25) is 0 Å². The van der Waals surface area contributed by atoms with Crippen LogP contribution in [-0.2, 0) is 4.74 Å². The molecule has 1 aliphatic rings. The summed E-state index contributed by atoms with van der Waals surface area (Å²) in [5, 5.41) is 3.64. The van der Waals surface area contributed by atoms with E-state index in [0.29, 0.717) is 6.10 Å². The van der Waals surface area contributed by atoms with Crippen molar-refractivity contribution in [3.8, 4) is 5.75 Å². The first kappa shape index (κ1) is 15.3. The van der Waals surface area contributed by atoms with Crippen molar-refractivity contribution >= 4 is 0 Å². The van der Waals surface area contributed by atoms with E-state index in [2.05, 4.69) is 51.2 Å². The van der Waals surface area contributed by atoms with E-state index in [9.17, 15) is 0 Å². The smallest absolute Gasteiger partial charge is 0.125 e. The van der Waals surface area contributed by atoms with Crippen molar-refractivity contribution in [1.29, 1.82) is 0 Å². The summed E-state index contributed by atoms with van der Waals surface area (Å²) >= 11 is 0. The number of para-hydroxylation sites is 1. The Morgan fingerprint density at radius 1 is 1.25 bits per heavy atom. The zero-order valence-corrected chi connectivity index (χ0v) is 13.1. The van der Waals surface area contributed by atoms with E-state index in [-0.39, 0.29) is 11.6 Å². The summed E-state index contributed by atoms with van der Waals surface area (Å²) in [5.74, 6) is 1.01. The van der Waals surface area contributed by atoms with Crippen LogP contribution in [0.1, 0.15) is 52.1 Å². The second-order valence-electron chi connectivity index (χ2n) is 6.26. The molecule has 0 fully saturated rings. The molecule has 1 atom stereocenters. The number of unbranched alkanes of at least 4 members (excludes halogenated alkanes) is 1. The molecule has 1 aromatic rings. The van der Waals surface area contributed by atoms with Gasteiger partial charge in [0.25, 0.3) is 0 Å². The van der Waals surface area contributed by atoms with E-state index >= 15 is 0 Å². The van der Waals surface area contributed by atoms with Gasteiger partial charge in [-0.3, -0.25) is 0 Å². The summed E-state index contributed by atoms with van der Waals surface area (Å²) in [6.45, 7) is 10.3. The molecule has 2 rings (SSSR count). The van der Waals surface area contributed by atoms with E-state index in [0.717, 1.165) is 31.7 Å².